The Morgan fingerprint density at radius 1 is 1.00 bits per heavy atom. The standard InChI is InChI=1S/C16H31N5/c1-6-9-17-15-14(13(4)5)16(20-12-19-15)18-10-11-21(7-2)8-3/h12-13H,6-11H2,1-5H3,(H2,17,18,19,20). The normalized spacial score (nSPS) is 11.2. The summed E-state index contributed by atoms with van der Waals surface area (Å²) in [6.07, 6.45) is 2.73. The van der Waals surface area contributed by atoms with E-state index in [0.717, 1.165) is 50.8 Å². The van der Waals surface area contributed by atoms with Crippen molar-refractivity contribution >= 4 is 11.6 Å². The van der Waals surface area contributed by atoms with Gasteiger partial charge in [0.2, 0.25) is 0 Å². The Morgan fingerprint density at radius 2 is 1.57 bits per heavy atom. The molecule has 0 amide bonds. The molecular weight excluding hydrogens is 262 g/mol. The third kappa shape index (κ3) is 5.50. The van der Waals surface area contributed by atoms with Gasteiger partial charge in [-0.25, -0.2) is 9.97 Å². The largest absolute Gasteiger partial charge is 0.370 e. The molecule has 1 aromatic heterocycles. The number of rotatable bonds is 10. The van der Waals surface area contributed by atoms with E-state index in [1.54, 1.807) is 6.33 Å². The summed E-state index contributed by atoms with van der Waals surface area (Å²) in [7, 11) is 0. The summed E-state index contributed by atoms with van der Waals surface area (Å²) in [6.45, 7) is 16.0. The van der Waals surface area contributed by atoms with E-state index in [2.05, 4.69) is 60.1 Å². The zero-order valence-electron chi connectivity index (χ0n) is 14.2. The topological polar surface area (TPSA) is 53.1 Å². The summed E-state index contributed by atoms with van der Waals surface area (Å²) in [5.74, 6) is 2.32. The van der Waals surface area contributed by atoms with Crippen molar-refractivity contribution in [2.75, 3.05) is 43.4 Å². The van der Waals surface area contributed by atoms with Gasteiger partial charge < -0.3 is 15.5 Å². The van der Waals surface area contributed by atoms with Crippen LogP contribution in [0.25, 0.3) is 0 Å². The number of hydrogen-bond donors (Lipinski definition) is 2. The van der Waals surface area contributed by atoms with Gasteiger partial charge in [0.15, 0.2) is 0 Å². The van der Waals surface area contributed by atoms with Gasteiger partial charge in [0.25, 0.3) is 0 Å². The van der Waals surface area contributed by atoms with Gasteiger partial charge in [-0.2, -0.15) is 0 Å². The molecule has 0 radical (unpaired) electrons. The molecule has 1 heterocycles. The molecular formula is C16H31N5. The first kappa shape index (κ1) is 17.7. The zero-order chi connectivity index (χ0) is 15.7. The van der Waals surface area contributed by atoms with Crippen LogP contribution in [-0.2, 0) is 0 Å². The van der Waals surface area contributed by atoms with Crippen molar-refractivity contribution in [1.82, 2.24) is 14.9 Å². The molecule has 5 nitrogen and oxygen atoms in total. The van der Waals surface area contributed by atoms with Crippen LogP contribution in [0.5, 0.6) is 0 Å². The predicted molar refractivity (Wildman–Crippen MR) is 91.2 cm³/mol. The zero-order valence-corrected chi connectivity index (χ0v) is 14.2. The maximum absolute atomic E-state index is 4.44. The van der Waals surface area contributed by atoms with Crippen LogP contribution in [0, 0.1) is 0 Å². The quantitative estimate of drug-likeness (QED) is 0.694. The fourth-order valence-corrected chi connectivity index (χ4v) is 2.34. The van der Waals surface area contributed by atoms with E-state index in [9.17, 15) is 0 Å². The fraction of sp³-hybridized carbons (Fsp3) is 0.750. The van der Waals surface area contributed by atoms with Crippen molar-refractivity contribution in [3.05, 3.63) is 11.9 Å². The Hall–Kier alpha value is -1.36. The Bertz CT molecular complexity index is 402. The third-order valence-corrected chi connectivity index (χ3v) is 3.62. The highest BCUT2D eigenvalue weighted by molar-refractivity contribution is 5.59. The van der Waals surface area contributed by atoms with Crippen molar-refractivity contribution in [3.63, 3.8) is 0 Å². The van der Waals surface area contributed by atoms with Gasteiger partial charge in [0, 0.05) is 25.2 Å². The van der Waals surface area contributed by atoms with Crippen LogP contribution < -0.4 is 10.6 Å². The van der Waals surface area contributed by atoms with Crippen LogP contribution in [-0.4, -0.2) is 47.6 Å². The number of anilines is 2. The fourth-order valence-electron chi connectivity index (χ4n) is 2.34. The third-order valence-electron chi connectivity index (χ3n) is 3.62. The lowest BCUT2D eigenvalue weighted by atomic mass is 10.0. The molecule has 0 aliphatic heterocycles. The van der Waals surface area contributed by atoms with E-state index in [1.165, 1.54) is 5.56 Å². The van der Waals surface area contributed by atoms with E-state index in [1.807, 2.05) is 0 Å². The second-order valence-corrected chi connectivity index (χ2v) is 5.52. The Morgan fingerprint density at radius 3 is 2.05 bits per heavy atom. The molecule has 2 N–H and O–H groups in total. The molecule has 0 saturated heterocycles. The molecule has 0 aliphatic carbocycles. The monoisotopic (exact) mass is 293 g/mol. The van der Waals surface area contributed by atoms with E-state index >= 15 is 0 Å². The van der Waals surface area contributed by atoms with Crippen LogP contribution in [0.2, 0.25) is 0 Å². The number of hydrogen-bond acceptors (Lipinski definition) is 5. The highest BCUT2D eigenvalue weighted by Gasteiger charge is 2.14. The molecule has 21 heavy (non-hydrogen) atoms. The van der Waals surface area contributed by atoms with Gasteiger partial charge in [0.05, 0.1) is 0 Å². The first-order valence-corrected chi connectivity index (χ1v) is 8.18. The molecule has 0 atom stereocenters. The molecule has 0 aliphatic rings. The maximum Gasteiger partial charge on any atom is 0.135 e. The first-order valence-electron chi connectivity index (χ1n) is 8.18. The van der Waals surface area contributed by atoms with Gasteiger partial charge in [-0.3, -0.25) is 0 Å². The van der Waals surface area contributed by atoms with Crippen molar-refractivity contribution in [2.45, 2.75) is 47.0 Å². The molecule has 0 aromatic carbocycles. The number of likely N-dealkylation sites (N-methyl/N-ethyl adjacent to an activating group) is 1. The Kier molecular flexibility index (Phi) is 8.05. The summed E-state index contributed by atoms with van der Waals surface area (Å²) in [4.78, 5) is 11.2. The summed E-state index contributed by atoms with van der Waals surface area (Å²) >= 11 is 0. The minimum absolute atomic E-state index is 0.390. The van der Waals surface area contributed by atoms with Crippen LogP contribution in [0.3, 0.4) is 0 Å². The smallest absolute Gasteiger partial charge is 0.135 e. The Labute approximate surface area is 129 Å². The lowest BCUT2D eigenvalue weighted by Crippen LogP contribution is -2.29. The minimum Gasteiger partial charge on any atom is -0.370 e. The Balaban J connectivity index is 2.76. The van der Waals surface area contributed by atoms with E-state index in [0.29, 0.717) is 5.92 Å². The summed E-state index contributed by atoms with van der Waals surface area (Å²) < 4.78 is 0. The van der Waals surface area contributed by atoms with Crippen molar-refractivity contribution in [3.8, 4) is 0 Å². The van der Waals surface area contributed by atoms with Crippen LogP contribution >= 0.6 is 0 Å². The molecule has 0 spiro atoms. The van der Waals surface area contributed by atoms with Gasteiger partial charge in [-0.1, -0.05) is 34.6 Å². The minimum atomic E-state index is 0.390. The summed E-state index contributed by atoms with van der Waals surface area (Å²) in [6, 6.07) is 0. The highest BCUT2D eigenvalue weighted by atomic mass is 15.1. The molecule has 1 aromatic rings. The predicted octanol–water partition coefficient (Wildman–Crippen LogP) is 3.18. The maximum atomic E-state index is 4.44. The van der Waals surface area contributed by atoms with Gasteiger partial charge in [0.1, 0.15) is 18.0 Å². The molecule has 120 valence electrons. The molecule has 0 bridgehead atoms. The second-order valence-electron chi connectivity index (χ2n) is 5.52. The number of nitrogens with one attached hydrogen (secondary N) is 2. The SMILES string of the molecule is CCCNc1ncnc(NCCN(CC)CC)c1C(C)C. The van der Waals surface area contributed by atoms with Crippen LogP contribution in [0.4, 0.5) is 11.6 Å². The summed E-state index contributed by atoms with van der Waals surface area (Å²) in [5.41, 5.74) is 1.19. The number of aromatic nitrogens is 2. The number of nitrogens with zero attached hydrogens (tertiary/aromatic N) is 3. The van der Waals surface area contributed by atoms with Crippen molar-refractivity contribution in [1.29, 1.82) is 0 Å². The van der Waals surface area contributed by atoms with Gasteiger partial charge >= 0.3 is 0 Å². The highest BCUT2D eigenvalue weighted by Crippen LogP contribution is 2.28. The van der Waals surface area contributed by atoms with E-state index in [-0.39, 0.29) is 0 Å². The molecule has 5 heteroatoms. The van der Waals surface area contributed by atoms with E-state index in [4.69, 9.17) is 0 Å². The second kappa shape index (κ2) is 9.55. The van der Waals surface area contributed by atoms with E-state index < -0.39 is 0 Å². The molecule has 1 rings (SSSR count). The van der Waals surface area contributed by atoms with Crippen molar-refractivity contribution in [2.24, 2.45) is 0 Å². The van der Waals surface area contributed by atoms with Crippen LogP contribution in [0.1, 0.15) is 52.5 Å². The molecule has 0 fully saturated rings. The lowest BCUT2D eigenvalue weighted by Gasteiger charge is -2.21. The molecule has 0 unspecified atom stereocenters. The average Bonchev–Trinajstić information content (AvgIpc) is 2.49. The molecule has 0 saturated carbocycles. The lowest BCUT2D eigenvalue weighted by molar-refractivity contribution is 0.316. The van der Waals surface area contributed by atoms with Gasteiger partial charge in [-0.15, -0.1) is 0 Å². The van der Waals surface area contributed by atoms with Gasteiger partial charge in [-0.05, 0) is 25.4 Å². The van der Waals surface area contributed by atoms with Crippen molar-refractivity contribution < 1.29 is 0 Å². The van der Waals surface area contributed by atoms with Crippen LogP contribution in [0.15, 0.2) is 6.33 Å². The average molecular weight is 293 g/mol. The summed E-state index contributed by atoms with van der Waals surface area (Å²) in [5, 5.41) is 6.88. The first-order chi connectivity index (χ1) is 10.1.